The predicted octanol–water partition coefficient (Wildman–Crippen LogP) is 10.8. The predicted molar refractivity (Wildman–Crippen MR) is 210 cm³/mol. The van der Waals surface area contributed by atoms with Crippen LogP contribution in [0.5, 0.6) is 0 Å². The normalized spacial score (nSPS) is 14.0. The van der Waals surface area contributed by atoms with Gasteiger partial charge in [0, 0.05) is 12.8 Å². The number of carbonyl (C=O) groups excluding carboxylic acids is 2. The molecule has 52 heavy (non-hydrogen) atoms. The van der Waals surface area contributed by atoms with Crippen LogP contribution in [0.1, 0.15) is 200 Å². The lowest BCUT2D eigenvalue weighted by atomic mass is 10.0. The Balaban J connectivity index is 4.30. The minimum absolute atomic E-state index is 0.188. The van der Waals surface area contributed by atoms with Crippen LogP contribution in [0.3, 0.4) is 0 Å². The number of unbranched alkanes of at least 4 members (excludes halogenated alkanes) is 24. The van der Waals surface area contributed by atoms with Gasteiger partial charge in [-0.1, -0.05) is 161 Å². The highest BCUT2D eigenvalue weighted by Crippen LogP contribution is 2.43. The molecule has 0 aromatic heterocycles. The van der Waals surface area contributed by atoms with Crippen LogP contribution >= 0.6 is 7.82 Å². The van der Waals surface area contributed by atoms with Gasteiger partial charge in [0.15, 0.2) is 6.10 Å². The minimum Gasteiger partial charge on any atom is -0.462 e. The first-order valence-electron chi connectivity index (χ1n) is 21.1. The molecule has 0 aromatic carbocycles. The van der Waals surface area contributed by atoms with Crippen LogP contribution in [-0.4, -0.2) is 65.7 Å². The third-order valence-corrected chi connectivity index (χ3v) is 10.1. The number of hydrogen-bond donors (Lipinski definition) is 3. The van der Waals surface area contributed by atoms with E-state index < -0.39 is 51.8 Å². The van der Waals surface area contributed by atoms with Gasteiger partial charge in [-0.05, 0) is 38.5 Å². The standard InChI is InChI=1S/C41H79O10P/c1-3-5-7-9-11-13-15-17-19-21-22-24-26-28-30-32-40(44)48-36-39(37-50-52(46,47)49-35-38(43)34-42)51-41(45)33-31-29-27-25-23-20-18-16-14-12-10-8-6-4-2/h17,19,38-39,42-43H,3-16,18,20-37H2,1-2H3,(H,46,47)/b19-17+/t38-,39+/m0/s1. The molecule has 0 aliphatic carbocycles. The molecule has 0 heterocycles. The lowest BCUT2D eigenvalue weighted by Crippen LogP contribution is -2.29. The Bertz CT molecular complexity index is 884. The number of aliphatic hydroxyl groups excluding tert-OH is 2. The van der Waals surface area contributed by atoms with Crippen molar-refractivity contribution in [1.82, 2.24) is 0 Å². The zero-order valence-electron chi connectivity index (χ0n) is 33.3. The van der Waals surface area contributed by atoms with Gasteiger partial charge in [0.25, 0.3) is 0 Å². The smallest absolute Gasteiger partial charge is 0.462 e. The molecule has 0 spiro atoms. The molecule has 11 heteroatoms. The van der Waals surface area contributed by atoms with Crippen LogP contribution in [0, 0.1) is 0 Å². The molecule has 0 aromatic rings. The van der Waals surface area contributed by atoms with Crippen LogP contribution in [0.2, 0.25) is 0 Å². The third-order valence-electron chi connectivity index (χ3n) is 9.17. The van der Waals surface area contributed by atoms with E-state index in [-0.39, 0.29) is 19.4 Å². The van der Waals surface area contributed by atoms with E-state index in [1.165, 1.54) is 109 Å². The molecule has 0 radical (unpaired) electrons. The van der Waals surface area contributed by atoms with Crippen LogP contribution in [0.15, 0.2) is 12.2 Å². The maximum absolute atomic E-state index is 12.6. The molecule has 0 aliphatic rings. The van der Waals surface area contributed by atoms with Crippen molar-refractivity contribution in [3.05, 3.63) is 12.2 Å². The molecule has 0 aliphatic heterocycles. The number of hydrogen-bond acceptors (Lipinski definition) is 9. The summed E-state index contributed by atoms with van der Waals surface area (Å²) in [4.78, 5) is 34.9. The molecule has 0 bridgehead atoms. The zero-order valence-corrected chi connectivity index (χ0v) is 34.2. The Morgan fingerprint density at radius 1 is 0.558 bits per heavy atom. The highest BCUT2D eigenvalue weighted by Gasteiger charge is 2.27. The first kappa shape index (κ1) is 50.7. The van der Waals surface area contributed by atoms with Crippen molar-refractivity contribution in [1.29, 1.82) is 0 Å². The molecule has 308 valence electrons. The summed E-state index contributed by atoms with van der Waals surface area (Å²) in [6, 6.07) is 0. The average molecular weight is 763 g/mol. The Labute approximate surface area is 317 Å². The third kappa shape index (κ3) is 37.0. The highest BCUT2D eigenvalue weighted by molar-refractivity contribution is 7.47. The summed E-state index contributed by atoms with van der Waals surface area (Å²) in [6.45, 7) is 2.38. The monoisotopic (exact) mass is 763 g/mol. The summed E-state index contributed by atoms with van der Waals surface area (Å²) in [7, 11) is -4.61. The van der Waals surface area contributed by atoms with Gasteiger partial charge < -0.3 is 24.6 Å². The van der Waals surface area contributed by atoms with Gasteiger partial charge in [-0.3, -0.25) is 18.6 Å². The minimum atomic E-state index is -4.61. The Morgan fingerprint density at radius 3 is 1.38 bits per heavy atom. The number of esters is 2. The van der Waals surface area contributed by atoms with Crippen molar-refractivity contribution in [2.24, 2.45) is 0 Å². The van der Waals surface area contributed by atoms with Gasteiger partial charge in [-0.2, -0.15) is 0 Å². The SMILES string of the molecule is CCCCCCCC/C=C/CCCCCCCC(=O)OC[C@H](COP(=O)(O)OC[C@@H](O)CO)OC(=O)CCCCCCCCCCCCCCCC. The van der Waals surface area contributed by atoms with Crippen molar-refractivity contribution in [3.8, 4) is 0 Å². The van der Waals surface area contributed by atoms with E-state index in [1.807, 2.05) is 0 Å². The summed E-state index contributed by atoms with van der Waals surface area (Å²) in [5.74, 6) is -0.926. The van der Waals surface area contributed by atoms with Gasteiger partial charge >= 0.3 is 19.8 Å². The van der Waals surface area contributed by atoms with Crippen LogP contribution in [-0.2, 0) is 32.7 Å². The quantitative estimate of drug-likeness (QED) is 0.0238. The van der Waals surface area contributed by atoms with E-state index in [0.29, 0.717) is 12.8 Å². The maximum Gasteiger partial charge on any atom is 0.472 e. The molecular weight excluding hydrogens is 683 g/mol. The van der Waals surface area contributed by atoms with Crippen molar-refractivity contribution in [3.63, 3.8) is 0 Å². The van der Waals surface area contributed by atoms with Crippen molar-refractivity contribution in [2.75, 3.05) is 26.4 Å². The molecule has 3 atom stereocenters. The number of rotatable bonds is 40. The number of allylic oxidation sites excluding steroid dienone is 2. The van der Waals surface area contributed by atoms with E-state index in [1.54, 1.807) is 0 Å². The highest BCUT2D eigenvalue weighted by atomic mass is 31.2. The second-order valence-corrected chi connectivity index (χ2v) is 15.8. The van der Waals surface area contributed by atoms with E-state index in [9.17, 15) is 24.2 Å². The summed E-state index contributed by atoms with van der Waals surface area (Å²) in [5.41, 5.74) is 0. The molecule has 0 amide bonds. The lowest BCUT2D eigenvalue weighted by Gasteiger charge is -2.20. The zero-order chi connectivity index (χ0) is 38.4. The van der Waals surface area contributed by atoms with E-state index >= 15 is 0 Å². The molecule has 1 unspecified atom stereocenters. The lowest BCUT2D eigenvalue weighted by molar-refractivity contribution is -0.161. The van der Waals surface area contributed by atoms with Crippen LogP contribution in [0.4, 0.5) is 0 Å². The van der Waals surface area contributed by atoms with Gasteiger partial charge in [0.1, 0.15) is 12.7 Å². The van der Waals surface area contributed by atoms with Crippen molar-refractivity contribution >= 4 is 19.8 Å². The Morgan fingerprint density at radius 2 is 0.942 bits per heavy atom. The number of ether oxygens (including phenoxy) is 2. The van der Waals surface area contributed by atoms with Gasteiger partial charge in [-0.25, -0.2) is 4.57 Å². The van der Waals surface area contributed by atoms with Gasteiger partial charge in [0.2, 0.25) is 0 Å². The largest absolute Gasteiger partial charge is 0.472 e. The second kappa shape index (κ2) is 38.0. The molecule has 3 N–H and O–H groups in total. The molecule has 0 rings (SSSR count). The second-order valence-electron chi connectivity index (χ2n) is 14.4. The van der Waals surface area contributed by atoms with E-state index in [4.69, 9.17) is 19.1 Å². The number of phosphoric ester groups is 1. The first-order chi connectivity index (χ1) is 25.2. The Kier molecular flexibility index (Phi) is 37.1. The summed E-state index contributed by atoms with van der Waals surface area (Å²) >= 11 is 0. The van der Waals surface area contributed by atoms with E-state index in [0.717, 1.165) is 51.4 Å². The van der Waals surface area contributed by atoms with Gasteiger partial charge in [-0.15, -0.1) is 0 Å². The first-order valence-corrected chi connectivity index (χ1v) is 22.6. The van der Waals surface area contributed by atoms with E-state index in [2.05, 4.69) is 30.5 Å². The fraction of sp³-hybridized carbons (Fsp3) is 0.902. The molecule has 0 saturated heterocycles. The molecule has 0 saturated carbocycles. The van der Waals surface area contributed by atoms with Crippen molar-refractivity contribution < 1.29 is 47.8 Å². The van der Waals surface area contributed by atoms with Gasteiger partial charge in [0.05, 0.1) is 19.8 Å². The average Bonchev–Trinajstić information content (AvgIpc) is 3.13. The fourth-order valence-corrected chi connectivity index (χ4v) is 6.66. The fourth-order valence-electron chi connectivity index (χ4n) is 5.87. The Hall–Kier alpha value is -1.29. The summed E-state index contributed by atoms with van der Waals surface area (Å²) < 4.78 is 32.7. The number of carbonyl (C=O) groups is 2. The molecular formula is C41H79O10P. The topological polar surface area (TPSA) is 149 Å². The summed E-state index contributed by atoms with van der Waals surface area (Å²) in [5, 5.41) is 18.3. The summed E-state index contributed by atoms with van der Waals surface area (Å²) in [6.07, 6.45) is 34.6. The number of aliphatic hydroxyl groups is 2. The molecule has 10 nitrogen and oxygen atoms in total. The maximum atomic E-state index is 12.6. The number of phosphoric acid groups is 1. The molecule has 0 fully saturated rings. The van der Waals surface area contributed by atoms with Crippen LogP contribution in [0.25, 0.3) is 0 Å². The van der Waals surface area contributed by atoms with Crippen molar-refractivity contribution in [2.45, 2.75) is 212 Å². The van der Waals surface area contributed by atoms with Crippen LogP contribution < -0.4 is 0 Å².